The first-order chi connectivity index (χ1) is 7.99. The quantitative estimate of drug-likeness (QED) is 0.943. The zero-order chi connectivity index (χ0) is 12.6. The highest BCUT2D eigenvalue weighted by atomic mass is 79.9. The Balaban J connectivity index is 2.45. The number of benzene rings is 1. The van der Waals surface area contributed by atoms with E-state index in [1.807, 2.05) is 19.9 Å². The van der Waals surface area contributed by atoms with Gasteiger partial charge in [-0.25, -0.2) is 4.98 Å². The molecule has 0 aliphatic carbocycles. The molecule has 1 N–H and O–H groups in total. The number of aromatic nitrogens is 1. The molecule has 0 aliphatic rings. The number of thiazole rings is 1. The van der Waals surface area contributed by atoms with Crippen molar-refractivity contribution < 1.29 is 9.84 Å². The molecule has 0 bridgehead atoms. The molecule has 0 spiro atoms. The molecule has 2 rings (SSSR count). The third-order valence-corrected chi connectivity index (χ3v) is 4.11. The second-order valence-corrected chi connectivity index (χ2v) is 6.40. The standard InChI is InChI=1S/C12H14BrNO2S/c1-6(15)5-16-9-4-10-11(8(3)7(9)2)14-12(13)17-10/h4,6,15H,5H2,1-3H3. The minimum Gasteiger partial charge on any atom is -0.491 e. The van der Waals surface area contributed by atoms with E-state index in [2.05, 4.69) is 20.9 Å². The number of halogens is 1. The SMILES string of the molecule is Cc1c(OCC(C)O)cc2sc(Br)nc2c1C. The van der Waals surface area contributed by atoms with E-state index in [0.29, 0.717) is 6.61 Å². The van der Waals surface area contributed by atoms with Crippen molar-refractivity contribution in [3.63, 3.8) is 0 Å². The number of aliphatic hydroxyl groups is 1. The number of ether oxygens (including phenoxy) is 1. The van der Waals surface area contributed by atoms with Gasteiger partial charge in [-0.15, -0.1) is 11.3 Å². The fourth-order valence-corrected chi connectivity index (χ4v) is 3.10. The first-order valence-corrected chi connectivity index (χ1v) is 6.97. The summed E-state index contributed by atoms with van der Waals surface area (Å²) in [5.41, 5.74) is 3.23. The van der Waals surface area contributed by atoms with Crippen molar-refractivity contribution in [2.75, 3.05) is 6.61 Å². The van der Waals surface area contributed by atoms with Gasteiger partial charge in [0.2, 0.25) is 0 Å². The minimum atomic E-state index is -0.460. The maximum atomic E-state index is 9.25. The summed E-state index contributed by atoms with van der Waals surface area (Å²) in [4.78, 5) is 4.44. The van der Waals surface area contributed by atoms with Crippen LogP contribution in [-0.2, 0) is 0 Å². The first-order valence-electron chi connectivity index (χ1n) is 5.36. The van der Waals surface area contributed by atoms with E-state index in [4.69, 9.17) is 4.74 Å². The van der Waals surface area contributed by atoms with Gasteiger partial charge in [-0.1, -0.05) is 0 Å². The minimum absolute atomic E-state index is 0.311. The number of aliphatic hydroxyl groups excluding tert-OH is 1. The van der Waals surface area contributed by atoms with Crippen molar-refractivity contribution in [1.29, 1.82) is 0 Å². The smallest absolute Gasteiger partial charge is 0.160 e. The molecular formula is C12H14BrNO2S. The molecule has 0 amide bonds. The van der Waals surface area contributed by atoms with Crippen LogP contribution >= 0.6 is 27.3 Å². The van der Waals surface area contributed by atoms with Gasteiger partial charge in [0.15, 0.2) is 3.92 Å². The average Bonchev–Trinajstić information content (AvgIpc) is 2.62. The van der Waals surface area contributed by atoms with Gasteiger partial charge in [0.05, 0.1) is 16.3 Å². The van der Waals surface area contributed by atoms with E-state index < -0.39 is 6.10 Å². The van der Waals surface area contributed by atoms with E-state index in [-0.39, 0.29) is 0 Å². The molecule has 1 heterocycles. The number of aryl methyl sites for hydroxylation is 1. The summed E-state index contributed by atoms with van der Waals surface area (Å²) >= 11 is 4.98. The van der Waals surface area contributed by atoms with Crippen molar-refractivity contribution in [1.82, 2.24) is 4.98 Å². The maximum Gasteiger partial charge on any atom is 0.160 e. The van der Waals surface area contributed by atoms with Crippen molar-refractivity contribution in [3.8, 4) is 5.75 Å². The molecular weight excluding hydrogens is 302 g/mol. The molecule has 0 saturated heterocycles. The molecule has 3 nitrogen and oxygen atoms in total. The topological polar surface area (TPSA) is 42.4 Å². The van der Waals surface area contributed by atoms with Gasteiger partial charge in [0.1, 0.15) is 12.4 Å². The predicted octanol–water partition coefficient (Wildman–Crippen LogP) is 3.44. The molecule has 2 aromatic rings. The first kappa shape index (κ1) is 12.8. The third kappa shape index (κ3) is 2.61. The largest absolute Gasteiger partial charge is 0.491 e. The normalized spacial score (nSPS) is 13.0. The van der Waals surface area contributed by atoms with Crippen LogP contribution in [0.15, 0.2) is 9.98 Å². The van der Waals surface area contributed by atoms with Gasteiger partial charge >= 0.3 is 0 Å². The zero-order valence-corrected chi connectivity index (χ0v) is 12.4. The van der Waals surface area contributed by atoms with Crippen LogP contribution in [0.1, 0.15) is 18.1 Å². The number of hydrogen-bond acceptors (Lipinski definition) is 4. The molecule has 92 valence electrons. The van der Waals surface area contributed by atoms with Crippen LogP contribution in [0.5, 0.6) is 5.75 Å². The number of rotatable bonds is 3. The summed E-state index contributed by atoms with van der Waals surface area (Å²) in [6.45, 7) is 6.08. The van der Waals surface area contributed by atoms with Crippen molar-refractivity contribution in [3.05, 3.63) is 21.1 Å². The van der Waals surface area contributed by atoms with Crippen molar-refractivity contribution in [2.24, 2.45) is 0 Å². The van der Waals surface area contributed by atoms with Crippen LogP contribution in [0.25, 0.3) is 10.2 Å². The fraction of sp³-hybridized carbons (Fsp3) is 0.417. The van der Waals surface area contributed by atoms with Gasteiger partial charge in [-0.2, -0.15) is 0 Å². The molecule has 17 heavy (non-hydrogen) atoms. The Bertz CT molecular complexity index is 551. The van der Waals surface area contributed by atoms with Crippen LogP contribution in [0.2, 0.25) is 0 Å². The monoisotopic (exact) mass is 315 g/mol. The van der Waals surface area contributed by atoms with Gasteiger partial charge < -0.3 is 9.84 Å². The van der Waals surface area contributed by atoms with Gasteiger partial charge in [-0.3, -0.25) is 0 Å². The molecule has 0 fully saturated rings. The molecule has 1 unspecified atom stereocenters. The molecule has 0 saturated carbocycles. The van der Waals surface area contributed by atoms with Gasteiger partial charge in [0, 0.05) is 0 Å². The Hall–Kier alpha value is -0.650. The van der Waals surface area contributed by atoms with E-state index >= 15 is 0 Å². The summed E-state index contributed by atoms with van der Waals surface area (Å²) in [5, 5.41) is 9.25. The van der Waals surface area contributed by atoms with E-state index in [0.717, 1.165) is 31.0 Å². The molecule has 1 aromatic carbocycles. The lowest BCUT2D eigenvalue weighted by molar-refractivity contribution is 0.122. The van der Waals surface area contributed by atoms with Crippen LogP contribution in [0, 0.1) is 13.8 Å². The lowest BCUT2D eigenvalue weighted by Crippen LogP contribution is -2.13. The van der Waals surface area contributed by atoms with Crippen LogP contribution in [0.4, 0.5) is 0 Å². The molecule has 1 atom stereocenters. The van der Waals surface area contributed by atoms with Crippen molar-refractivity contribution in [2.45, 2.75) is 26.9 Å². The Morgan fingerprint density at radius 2 is 2.18 bits per heavy atom. The van der Waals surface area contributed by atoms with Crippen LogP contribution in [0.3, 0.4) is 0 Å². The second-order valence-electron chi connectivity index (χ2n) is 4.10. The Labute approximate surface area is 113 Å². The van der Waals surface area contributed by atoms with E-state index in [1.165, 1.54) is 0 Å². The Kier molecular flexibility index (Phi) is 3.70. The lowest BCUT2D eigenvalue weighted by atomic mass is 10.1. The second kappa shape index (κ2) is 4.92. The summed E-state index contributed by atoms with van der Waals surface area (Å²) in [7, 11) is 0. The molecule has 0 radical (unpaired) electrons. The Morgan fingerprint density at radius 1 is 1.47 bits per heavy atom. The zero-order valence-electron chi connectivity index (χ0n) is 9.95. The maximum absolute atomic E-state index is 9.25. The number of fused-ring (bicyclic) bond motifs is 1. The molecule has 5 heteroatoms. The summed E-state index contributed by atoms with van der Waals surface area (Å²) in [5.74, 6) is 0.826. The highest BCUT2D eigenvalue weighted by molar-refractivity contribution is 9.11. The predicted molar refractivity (Wildman–Crippen MR) is 74.0 cm³/mol. The van der Waals surface area contributed by atoms with Crippen LogP contribution in [-0.4, -0.2) is 22.8 Å². The third-order valence-electron chi connectivity index (χ3n) is 2.66. The molecule has 0 aliphatic heterocycles. The summed E-state index contributed by atoms with van der Waals surface area (Å²) in [6, 6.07) is 1.99. The number of nitrogens with zero attached hydrogens (tertiary/aromatic N) is 1. The fourth-order valence-electron chi connectivity index (χ4n) is 1.62. The Morgan fingerprint density at radius 3 is 2.82 bits per heavy atom. The lowest BCUT2D eigenvalue weighted by Gasteiger charge is -2.12. The number of hydrogen-bond donors (Lipinski definition) is 1. The van der Waals surface area contributed by atoms with E-state index in [9.17, 15) is 5.11 Å². The van der Waals surface area contributed by atoms with E-state index in [1.54, 1.807) is 18.3 Å². The average molecular weight is 316 g/mol. The van der Waals surface area contributed by atoms with Gasteiger partial charge in [0.25, 0.3) is 0 Å². The van der Waals surface area contributed by atoms with Gasteiger partial charge in [-0.05, 0) is 53.9 Å². The molecule has 1 aromatic heterocycles. The highest BCUT2D eigenvalue weighted by Gasteiger charge is 2.12. The van der Waals surface area contributed by atoms with Crippen molar-refractivity contribution >= 4 is 37.5 Å². The van der Waals surface area contributed by atoms with Crippen LogP contribution < -0.4 is 4.74 Å². The highest BCUT2D eigenvalue weighted by Crippen LogP contribution is 2.34. The summed E-state index contributed by atoms with van der Waals surface area (Å²) < 4.78 is 7.59. The summed E-state index contributed by atoms with van der Waals surface area (Å²) in [6.07, 6.45) is -0.460.